The molecule has 0 saturated heterocycles. The van der Waals surface area contributed by atoms with E-state index >= 15 is 0 Å². The van der Waals surface area contributed by atoms with Crippen molar-refractivity contribution in [1.29, 1.82) is 0 Å². The number of nitrogens with zero attached hydrogens (tertiary/aromatic N) is 2. The Balaban J connectivity index is 2.28. The molecule has 0 N–H and O–H groups in total. The first-order valence-corrected chi connectivity index (χ1v) is 8.45. The lowest BCUT2D eigenvalue weighted by Gasteiger charge is -2.16. The van der Waals surface area contributed by atoms with Gasteiger partial charge in [0.15, 0.2) is 0 Å². The van der Waals surface area contributed by atoms with E-state index in [1.807, 2.05) is 62.3 Å². The summed E-state index contributed by atoms with van der Waals surface area (Å²) < 4.78 is 27.2. The Morgan fingerprint density at radius 1 is 0.955 bits per heavy atom. The van der Waals surface area contributed by atoms with Crippen LogP contribution in [0.15, 0.2) is 59.6 Å². The Morgan fingerprint density at radius 3 is 2.27 bits per heavy atom. The SMILES string of the molecule is Cc1ccc(S(=O)(=O)n2ccc3cccc(N(C)C)c32)cc1. The van der Waals surface area contributed by atoms with E-state index in [-0.39, 0.29) is 0 Å². The minimum absolute atomic E-state index is 0.296. The number of para-hydroxylation sites is 1. The van der Waals surface area contributed by atoms with Gasteiger partial charge in [-0.15, -0.1) is 0 Å². The summed E-state index contributed by atoms with van der Waals surface area (Å²) in [5.41, 5.74) is 2.61. The van der Waals surface area contributed by atoms with Crippen LogP contribution >= 0.6 is 0 Å². The van der Waals surface area contributed by atoms with Gasteiger partial charge in [0, 0.05) is 25.7 Å². The van der Waals surface area contributed by atoms with Crippen LogP contribution in [0.25, 0.3) is 10.9 Å². The summed E-state index contributed by atoms with van der Waals surface area (Å²) in [5, 5.41) is 0.905. The minimum Gasteiger partial charge on any atom is -0.376 e. The summed E-state index contributed by atoms with van der Waals surface area (Å²) in [7, 11) is 0.210. The Morgan fingerprint density at radius 2 is 1.64 bits per heavy atom. The van der Waals surface area contributed by atoms with Gasteiger partial charge in [-0.3, -0.25) is 0 Å². The second kappa shape index (κ2) is 5.18. The first-order valence-electron chi connectivity index (χ1n) is 7.01. The van der Waals surface area contributed by atoms with Crippen molar-refractivity contribution >= 4 is 26.6 Å². The molecule has 3 aromatic rings. The summed E-state index contributed by atoms with van der Waals surface area (Å²) in [5.74, 6) is 0. The molecule has 22 heavy (non-hydrogen) atoms. The molecule has 114 valence electrons. The fourth-order valence-electron chi connectivity index (χ4n) is 2.53. The van der Waals surface area contributed by atoms with Crippen LogP contribution in [0.3, 0.4) is 0 Å². The van der Waals surface area contributed by atoms with Crippen LogP contribution in [0.1, 0.15) is 5.56 Å². The molecular formula is C17H18N2O2S. The van der Waals surface area contributed by atoms with Gasteiger partial charge in [0.2, 0.25) is 0 Å². The number of aryl methyl sites for hydroxylation is 1. The van der Waals surface area contributed by atoms with Crippen molar-refractivity contribution in [2.75, 3.05) is 19.0 Å². The summed E-state index contributed by atoms with van der Waals surface area (Å²) in [4.78, 5) is 2.22. The minimum atomic E-state index is -3.61. The lowest BCUT2D eigenvalue weighted by Crippen LogP contribution is -2.15. The highest BCUT2D eigenvalue weighted by Gasteiger charge is 2.20. The monoisotopic (exact) mass is 314 g/mol. The zero-order valence-electron chi connectivity index (χ0n) is 12.8. The third kappa shape index (κ3) is 2.27. The quantitative estimate of drug-likeness (QED) is 0.745. The summed E-state index contributed by atoms with van der Waals surface area (Å²) in [6.45, 7) is 1.94. The lowest BCUT2D eigenvalue weighted by molar-refractivity contribution is 0.589. The first kappa shape index (κ1) is 14.7. The fraction of sp³-hybridized carbons (Fsp3) is 0.176. The maximum Gasteiger partial charge on any atom is 0.268 e. The molecule has 3 rings (SSSR count). The number of fused-ring (bicyclic) bond motifs is 1. The van der Waals surface area contributed by atoms with Crippen molar-refractivity contribution in [3.8, 4) is 0 Å². The molecule has 0 radical (unpaired) electrons. The maximum atomic E-state index is 12.9. The van der Waals surface area contributed by atoms with Crippen LogP contribution in [0.5, 0.6) is 0 Å². The van der Waals surface area contributed by atoms with Crippen LogP contribution < -0.4 is 4.90 Å². The Bertz CT molecular complexity index is 923. The van der Waals surface area contributed by atoms with Crippen molar-refractivity contribution in [3.05, 3.63) is 60.3 Å². The third-order valence-electron chi connectivity index (χ3n) is 3.72. The van der Waals surface area contributed by atoms with E-state index in [2.05, 4.69) is 0 Å². The van der Waals surface area contributed by atoms with Gasteiger partial charge in [-0.05, 0) is 31.2 Å². The maximum absolute atomic E-state index is 12.9. The summed E-state index contributed by atoms with van der Waals surface area (Å²) >= 11 is 0. The molecule has 2 aromatic carbocycles. The van der Waals surface area contributed by atoms with Crippen LogP contribution in [0, 0.1) is 6.92 Å². The van der Waals surface area contributed by atoms with E-state index in [9.17, 15) is 8.42 Å². The Hall–Kier alpha value is -2.27. The topological polar surface area (TPSA) is 42.3 Å². The highest BCUT2D eigenvalue weighted by atomic mass is 32.2. The zero-order valence-corrected chi connectivity index (χ0v) is 13.6. The molecule has 0 aliphatic carbocycles. The molecule has 0 aliphatic heterocycles. The van der Waals surface area contributed by atoms with E-state index < -0.39 is 10.0 Å². The summed E-state index contributed by atoms with van der Waals surface area (Å²) in [6, 6.07) is 14.5. The van der Waals surface area contributed by atoms with Gasteiger partial charge in [0.05, 0.1) is 16.1 Å². The largest absolute Gasteiger partial charge is 0.376 e. The first-order chi connectivity index (χ1) is 10.4. The zero-order chi connectivity index (χ0) is 15.9. The van der Waals surface area contributed by atoms with Crippen molar-refractivity contribution in [2.45, 2.75) is 11.8 Å². The molecule has 0 bridgehead atoms. The Kier molecular flexibility index (Phi) is 3.45. The average molecular weight is 314 g/mol. The predicted octanol–water partition coefficient (Wildman–Crippen LogP) is 3.25. The second-order valence-electron chi connectivity index (χ2n) is 5.54. The van der Waals surface area contributed by atoms with E-state index in [1.54, 1.807) is 18.3 Å². The molecule has 4 nitrogen and oxygen atoms in total. The van der Waals surface area contributed by atoms with E-state index in [1.165, 1.54) is 3.97 Å². The molecular weight excluding hydrogens is 296 g/mol. The van der Waals surface area contributed by atoms with E-state index in [0.717, 1.165) is 16.6 Å². The molecule has 0 unspecified atom stereocenters. The average Bonchev–Trinajstić information content (AvgIpc) is 2.92. The third-order valence-corrected chi connectivity index (χ3v) is 5.41. The van der Waals surface area contributed by atoms with Crippen LogP contribution in [0.2, 0.25) is 0 Å². The highest BCUT2D eigenvalue weighted by molar-refractivity contribution is 7.90. The van der Waals surface area contributed by atoms with Gasteiger partial charge in [-0.2, -0.15) is 0 Å². The van der Waals surface area contributed by atoms with Crippen LogP contribution in [0.4, 0.5) is 5.69 Å². The molecule has 0 amide bonds. The molecule has 0 atom stereocenters. The number of aromatic nitrogens is 1. The highest BCUT2D eigenvalue weighted by Crippen LogP contribution is 2.29. The van der Waals surface area contributed by atoms with E-state index in [0.29, 0.717) is 10.4 Å². The number of hydrogen-bond acceptors (Lipinski definition) is 3. The molecule has 0 spiro atoms. The molecule has 0 saturated carbocycles. The van der Waals surface area contributed by atoms with Gasteiger partial charge >= 0.3 is 0 Å². The van der Waals surface area contributed by atoms with E-state index in [4.69, 9.17) is 0 Å². The molecule has 5 heteroatoms. The lowest BCUT2D eigenvalue weighted by atomic mass is 10.2. The number of benzene rings is 2. The Labute approximate surface area is 130 Å². The van der Waals surface area contributed by atoms with Gasteiger partial charge in [-0.1, -0.05) is 29.8 Å². The normalized spacial score (nSPS) is 11.8. The second-order valence-corrected chi connectivity index (χ2v) is 7.35. The number of hydrogen-bond donors (Lipinski definition) is 0. The number of rotatable bonds is 3. The van der Waals surface area contributed by atoms with Gasteiger partial charge in [0.25, 0.3) is 10.0 Å². The van der Waals surface area contributed by atoms with Gasteiger partial charge in [-0.25, -0.2) is 12.4 Å². The summed E-state index contributed by atoms with van der Waals surface area (Å²) in [6.07, 6.45) is 1.62. The van der Waals surface area contributed by atoms with Crippen molar-refractivity contribution in [3.63, 3.8) is 0 Å². The van der Waals surface area contributed by atoms with Crippen molar-refractivity contribution < 1.29 is 8.42 Å². The standard InChI is InChI=1S/C17H18N2O2S/c1-13-7-9-15(10-8-13)22(20,21)19-12-11-14-5-4-6-16(17(14)19)18(2)3/h4-12H,1-3H3. The van der Waals surface area contributed by atoms with Crippen molar-refractivity contribution in [2.24, 2.45) is 0 Å². The predicted molar refractivity (Wildman–Crippen MR) is 90.0 cm³/mol. The van der Waals surface area contributed by atoms with Crippen molar-refractivity contribution in [1.82, 2.24) is 3.97 Å². The molecule has 0 aliphatic rings. The molecule has 0 fully saturated rings. The van der Waals surface area contributed by atoms with Gasteiger partial charge < -0.3 is 4.90 Å². The fourth-order valence-corrected chi connectivity index (χ4v) is 3.90. The van der Waals surface area contributed by atoms with Crippen LogP contribution in [-0.4, -0.2) is 26.5 Å². The van der Waals surface area contributed by atoms with Gasteiger partial charge in [0.1, 0.15) is 0 Å². The smallest absolute Gasteiger partial charge is 0.268 e. The van der Waals surface area contributed by atoms with Crippen LogP contribution in [-0.2, 0) is 10.0 Å². The number of anilines is 1. The molecule has 1 aromatic heterocycles. The molecule has 1 heterocycles.